The lowest BCUT2D eigenvalue weighted by Gasteiger charge is -2.59. The molecular weight excluding hydrogens is 306 g/mol. The molecule has 0 aromatic heterocycles. The zero-order valence-corrected chi connectivity index (χ0v) is 14.1. The average Bonchev–Trinajstić information content (AvgIpc) is 2.58. The summed E-state index contributed by atoms with van der Waals surface area (Å²) in [6.45, 7) is 4.27. The van der Waals surface area contributed by atoms with Gasteiger partial charge in [0.2, 0.25) is 5.91 Å². The highest BCUT2D eigenvalue weighted by molar-refractivity contribution is 5.81. The molecule has 0 aliphatic carbocycles. The first kappa shape index (κ1) is 15.9. The Morgan fingerprint density at radius 3 is 2.79 bits per heavy atom. The minimum atomic E-state index is -0.0987. The molecule has 24 heavy (non-hydrogen) atoms. The molecule has 6 heteroatoms. The maximum atomic E-state index is 12.9. The summed E-state index contributed by atoms with van der Waals surface area (Å²) in [7, 11) is 2.08. The van der Waals surface area contributed by atoms with Gasteiger partial charge in [-0.05, 0) is 11.6 Å². The Morgan fingerprint density at radius 1 is 1.29 bits per heavy atom. The minimum absolute atomic E-state index is 0.0219. The van der Waals surface area contributed by atoms with E-state index in [9.17, 15) is 9.90 Å². The van der Waals surface area contributed by atoms with E-state index in [4.69, 9.17) is 4.74 Å². The molecular formula is C18H25N3O3. The zero-order chi connectivity index (χ0) is 16.7. The van der Waals surface area contributed by atoms with E-state index in [-0.39, 0.29) is 30.5 Å². The third-order valence-corrected chi connectivity index (χ3v) is 5.65. The second kappa shape index (κ2) is 6.35. The van der Waals surface area contributed by atoms with Crippen LogP contribution in [0.5, 0.6) is 0 Å². The van der Waals surface area contributed by atoms with Gasteiger partial charge in [-0.25, -0.2) is 0 Å². The zero-order valence-electron chi connectivity index (χ0n) is 14.1. The molecule has 4 rings (SSSR count). The molecule has 2 saturated heterocycles. The first-order valence-electron chi connectivity index (χ1n) is 8.73. The summed E-state index contributed by atoms with van der Waals surface area (Å²) in [5.41, 5.74) is 2.48. The number of nitrogens with zero attached hydrogens (tertiary/aromatic N) is 3. The highest BCUT2D eigenvalue weighted by Crippen LogP contribution is 2.47. The summed E-state index contributed by atoms with van der Waals surface area (Å²) in [6, 6.07) is 8.41. The maximum absolute atomic E-state index is 12.9. The molecule has 1 N–H and O–H groups in total. The van der Waals surface area contributed by atoms with Crippen LogP contribution in [0.2, 0.25) is 0 Å². The Morgan fingerprint density at radius 2 is 2.04 bits per heavy atom. The van der Waals surface area contributed by atoms with E-state index in [2.05, 4.69) is 29.0 Å². The van der Waals surface area contributed by atoms with Gasteiger partial charge in [-0.1, -0.05) is 18.2 Å². The quantitative estimate of drug-likeness (QED) is 0.853. The van der Waals surface area contributed by atoms with E-state index in [1.165, 1.54) is 11.3 Å². The van der Waals surface area contributed by atoms with Gasteiger partial charge in [0.05, 0.1) is 38.4 Å². The predicted octanol–water partition coefficient (Wildman–Crippen LogP) is 0.124. The molecule has 0 saturated carbocycles. The molecule has 1 aromatic carbocycles. The van der Waals surface area contributed by atoms with Gasteiger partial charge >= 0.3 is 0 Å². The molecule has 0 spiro atoms. The van der Waals surface area contributed by atoms with Crippen LogP contribution in [0.4, 0.5) is 5.69 Å². The Kier molecular flexibility index (Phi) is 4.20. The summed E-state index contributed by atoms with van der Waals surface area (Å²) in [4.78, 5) is 19.1. The van der Waals surface area contributed by atoms with Gasteiger partial charge in [-0.15, -0.1) is 0 Å². The molecule has 0 unspecified atom stereocenters. The molecule has 3 atom stereocenters. The number of benzene rings is 1. The number of aliphatic hydroxyl groups excluding tert-OH is 1. The van der Waals surface area contributed by atoms with Crippen molar-refractivity contribution >= 4 is 11.6 Å². The second-order valence-electron chi connectivity index (χ2n) is 6.97. The van der Waals surface area contributed by atoms with Crippen molar-refractivity contribution in [3.63, 3.8) is 0 Å². The number of hydrogen-bond acceptors (Lipinski definition) is 5. The van der Waals surface area contributed by atoms with Crippen LogP contribution in [-0.2, 0) is 9.53 Å². The van der Waals surface area contributed by atoms with Crippen LogP contribution in [-0.4, -0.2) is 85.9 Å². The van der Waals surface area contributed by atoms with Crippen LogP contribution in [0.15, 0.2) is 24.3 Å². The Labute approximate surface area is 142 Å². The molecule has 2 fully saturated rings. The largest absolute Gasteiger partial charge is 0.394 e. The van der Waals surface area contributed by atoms with Gasteiger partial charge in [-0.2, -0.15) is 0 Å². The van der Waals surface area contributed by atoms with Gasteiger partial charge in [0.1, 0.15) is 0 Å². The number of para-hydroxylation sites is 1. The molecule has 3 aliphatic heterocycles. The summed E-state index contributed by atoms with van der Waals surface area (Å²) in [5, 5.41) is 9.90. The van der Waals surface area contributed by atoms with Gasteiger partial charge in [0.15, 0.2) is 0 Å². The van der Waals surface area contributed by atoms with Crippen molar-refractivity contribution in [2.45, 2.75) is 18.0 Å². The summed E-state index contributed by atoms with van der Waals surface area (Å²) >= 11 is 0. The molecule has 3 aliphatic rings. The normalized spacial score (nSPS) is 29.7. The lowest BCUT2D eigenvalue weighted by molar-refractivity contribution is -0.152. The third-order valence-electron chi connectivity index (χ3n) is 5.65. The van der Waals surface area contributed by atoms with Crippen molar-refractivity contribution in [3.05, 3.63) is 29.8 Å². The van der Waals surface area contributed by atoms with Crippen molar-refractivity contribution in [2.24, 2.45) is 0 Å². The summed E-state index contributed by atoms with van der Waals surface area (Å²) in [5.74, 6) is 0.376. The van der Waals surface area contributed by atoms with E-state index in [1.807, 2.05) is 17.0 Å². The number of carbonyl (C=O) groups is 1. The average molecular weight is 331 g/mol. The number of likely N-dealkylation sites (N-methyl/N-ethyl adjacent to an activating group) is 1. The van der Waals surface area contributed by atoms with Gasteiger partial charge in [0.25, 0.3) is 0 Å². The fourth-order valence-corrected chi connectivity index (χ4v) is 4.46. The maximum Gasteiger partial charge on any atom is 0.237 e. The lowest BCUT2D eigenvalue weighted by Crippen LogP contribution is -2.71. The highest BCUT2D eigenvalue weighted by atomic mass is 16.5. The Balaban J connectivity index is 1.53. The molecule has 1 amide bonds. The first-order chi connectivity index (χ1) is 11.7. The first-order valence-corrected chi connectivity index (χ1v) is 8.73. The number of anilines is 1. The topological polar surface area (TPSA) is 56.2 Å². The lowest BCUT2D eigenvalue weighted by atomic mass is 9.72. The van der Waals surface area contributed by atoms with Crippen LogP contribution in [0, 0.1) is 0 Å². The SMILES string of the molecule is CN1C[C@H]2[C@@H](c3ccccc31)[C@@H](CO)N2C(=O)CN1CCOCC1. The number of fused-ring (bicyclic) bond motifs is 3. The summed E-state index contributed by atoms with van der Waals surface area (Å²) in [6.07, 6.45) is 0. The minimum Gasteiger partial charge on any atom is -0.394 e. The van der Waals surface area contributed by atoms with Crippen LogP contribution in [0.25, 0.3) is 0 Å². The van der Waals surface area contributed by atoms with Gasteiger partial charge in [-0.3, -0.25) is 9.69 Å². The standard InChI is InChI=1S/C18H25N3O3/c1-19-10-15-18(13-4-2-3-5-14(13)19)16(12-22)21(15)17(23)11-20-6-8-24-9-7-20/h2-5,15-16,18,22H,6-12H2,1H3/t15-,16+,18+/m0/s1. The predicted molar refractivity (Wildman–Crippen MR) is 91.2 cm³/mol. The monoisotopic (exact) mass is 331 g/mol. The van der Waals surface area contributed by atoms with E-state index < -0.39 is 0 Å². The number of morpholine rings is 1. The number of carbonyl (C=O) groups excluding carboxylic acids is 1. The van der Waals surface area contributed by atoms with E-state index >= 15 is 0 Å². The van der Waals surface area contributed by atoms with E-state index in [0.717, 1.165) is 19.6 Å². The van der Waals surface area contributed by atoms with Crippen molar-refractivity contribution in [3.8, 4) is 0 Å². The van der Waals surface area contributed by atoms with Crippen LogP contribution in [0.1, 0.15) is 11.5 Å². The number of ether oxygens (including phenoxy) is 1. The van der Waals surface area contributed by atoms with Crippen molar-refractivity contribution < 1.29 is 14.6 Å². The fourth-order valence-electron chi connectivity index (χ4n) is 4.46. The number of likely N-dealkylation sites (tertiary alicyclic amines) is 1. The van der Waals surface area contributed by atoms with Crippen LogP contribution >= 0.6 is 0 Å². The third kappa shape index (κ3) is 2.49. The van der Waals surface area contributed by atoms with Crippen molar-refractivity contribution in [1.82, 2.24) is 9.80 Å². The van der Waals surface area contributed by atoms with Crippen LogP contribution in [0.3, 0.4) is 0 Å². The molecule has 0 bridgehead atoms. The molecule has 6 nitrogen and oxygen atoms in total. The molecule has 0 radical (unpaired) electrons. The molecule has 130 valence electrons. The number of aliphatic hydroxyl groups is 1. The molecule has 3 heterocycles. The van der Waals surface area contributed by atoms with Gasteiger partial charge in [0, 0.05) is 38.3 Å². The van der Waals surface area contributed by atoms with Gasteiger partial charge < -0.3 is 19.6 Å². The highest BCUT2D eigenvalue weighted by Gasteiger charge is 2.54. The molecule has 1 aromatic rings. The summed E-state index contributed by atoms with van der Waals surface area (Å²) < 4.78 is 5.35. The number of amides is 1. The second-order valence-corrected chi connectivity index (χ2v) is 6.97. The van der Waals surface area contributed by atoms with Crippen LogP contribution < -0.4 is 4.90 Å². The van der Waals surface area contributed by atoms with E-state index in [0.29, 0.717) is 19.8 Å². The van der Waals surface area contributed by atoms with Crippen molar-refractivity contribution in [1.29, 1.82) is 0 Å². The van der Waals surface area contributed by atoms with E-state index in [1.54, 1.807) is 0 Å². The van der Waals surface area contributed by atoms with Crippen molar-refractivity contribution in [2.75, 3.05) is 57.9 Å². The fraction of sp³-hybridized carbons (Fsp3) is 0.611. The number of rotatable bonds is 3. The number of hydrogen-bond donors (Lipinski definition) is 1. The Bertz CT molecular complexity index is 617. The smallest absolute Gasteiger partial charge is 0.237 e. The Hall–Kier alpha value is -1.63.